The first-order valence-electron chi connectivity index (χ1n) is 4.74. The van der Waals surface area contributed by atoms with Crippen molar-refractivity contribution in [3.8, 4) is 0 Å². The van der Waals surface area contributed by atoms with Crippen LogP contribution in [0.4, 0.5) is 0 Å². The molecule has 2 atom stereocenters. The average Bonchev–Trinajstić information content (AvgIpc) is 2.75. The van der Waals surface area contributed by atoms with Crippen LogP contribution in [0.5, 0.6) is 0 Å². The molecule has 0 spiro atoms. The molecule has 0 radical (unpaired) electrons. The third-order valence-electron chi connectivity index (χ3n) is 2.69. The quantitative estimate of drug-likeness (QED) is 0.793. The number of thiophene rings is 1. The van der Waals surface area contributed by atoms with Crippen LogP contribution in [0.1, 0.15) is 12.0 Å². The minimum atomic E-state index is -0.720. The van der Waals surface area contributed by atoms with E-state index in [2.05, 4.69) is 16.8 Å². The highest BCUT2D eigenvalue weighted by Crippen LogP contribution is 2.22. The van der Waals surface area contributed by atoms with Crippen LogP contribution in [0.15, 0.2) is 16.8 Å². The predicted octanol–water partition coefficient (Wildman–Crippen LogP) is 1.35. The monoisotopic (exact) mass is 211 g/mol. The van der Waals surface area contributed by atoms with E-state index in [1.807, 2.05) is 5.38 Å². The van der Waals surface area contributed by atoms with E-state index in [9.17, 15) is 4.79 Å². The zero-order valence-corrected chi connectivity index (χ0v) is 8.59. The first-order valence-corrected chi connectivity index (χ1v) is 5.69. The maximum atomic E-state index is 10.9. The van der Waals surface area contributed by atoms with Crippen LogP contribution in [-0.4, -0.2) is 23.7 Å². The van der Waals surface area contributed by atoms with Crippen LogP contribution in [0, 0.1) is 5.92 Å². The number of nitrogens with one attached hydrogen (secondary N) is 1. The smallest absolute Gasteiger partial charge is 0.320 e. The molecule has 2 N–H and O–H groups in total. The molecule has 76 valence electrons. The lowest BCUT2D eigenvalue weighted by Crippen LogP contribution is -2.36. The van der Waals surface area contributed by atoms with Crippen LogP contribution in [0.25, 0.3) is 0 Å². The zero-order chi connectivity index (χ0) is 9.97. The minimum absolute atomic E-state index is 0.252. The number of carboxylic acid groups (broad SMARTS) is 1. The molecule has 1 aliphatic heterocycles. The van der Waals surface area contributed by atoms with Crippen molar-refractivity contribution in [2.45, 2.75) is 18.9 Å². The molecule has 0 aromatic carbocycles. The number of aliphatic carboxylic acids is 1. The van der Waals surface area contributed by atoms with Crippen molar-refractivity contribution in [1.82, 2.24) is 5.32 Å². The minimum Gasteiger partial charge on any atom is -0.480 e. The lowest BCUT2D eigenvalue weighted by molar-refractivity contribution is -0.140. The van der Waals surface area contributed by atoms with Crippen molar-refractivity contribution in [3.05, 3.63) is 22.4 Å². The van der Waals surface area contributed by atoms with Gasteiger partial charge in [-0.15, -0.1) is 0 Å². The van der Waals surface area contributed by atoms with E-state index in [0.29, 0.717) is 0 Å². The molecular formula is C10H13NO2S. The lowest BCUT2D eigenvalue weighted by atomic mass is 9.94. The molecule has 1 fully saturated rings. The molecule has 4 heteroatoms. The molecule has 1 saturated heterocycles. The fourth-order valence-corrected chi connectivity index (χ4v) is 2.66. The number of rotatable bonds is 3. The van der Waals surface area contributed by atoms with Crippen molar-refractivity contribution in [3.63, 3.8) is 0 Å². The third kappa shape index (κ3) is 1.96. The molecule has 1 unspecified atom stereocenters. The Morgan fingerprint density at radius 3 is 3.21 bits per heavy atom. The summed E-state index contributed by atoms with van der Waals surface area (Å²) < 4.78 is 0. The van der Waals surface area contributed by atoms with Gasteiger partial charge in [-0.3, -0.25) is 4.79 Å². The molecule has 1 aliphatic rings. The predicted molar refractivity (Wildman–Crippen MR) is 55.6 cm³/mol. The van der Waals surface area contributed by atoms with Crippen molar-refractivity contribution in [1.29, 1.82) is 0 Å². The summed E-state index contributed by atoms with van der Waals surface area (Å²) in [6, 6.07) is 1.72. The van der Waals surface area contributed by atoms with Gasteiger partial charge >= 0.3 is 5.97 Å². The lowest BCUT2D eigenvalue weighted by Gasteiger charge is -2.14. The Bertz CT molecular complexity index is 310. The first-order chi connectivity index (χ1) is 6.77. The Morgan fingerprint density at radius 1 is 1.71 bits per heavy atom. The van der Waals surface area contributed by atoms with Gasteiger partial charge in [0.05, 0.1) is 0 Å². The van der Waals surface area contributed by atoms with Gasteiger partial charge in [0.1, 0.15) is 6.04 Å². The van der Waals surface area contributed by atoms with Gasteiger partial charge in [0.25, 0.3) is 0 Å². The SMILES string of the molecule is O=C(O)[C@H]1NCCC1Cc1ccsc1. The average molecular weight is 211 g/mol. The maximum Gasteiger partial charge on any atom is 0.320 e. The summed E-state index contributed by atoms with van der Waals surface area (Å²) in [6.45, 7) is 0.825. The maximum absolute atomic E-state index is 10.9. The first kappa shape index (κ1) is 9.68. The highest BCUT2D eigenvalue weighted by atomic mass is 32.1. The van der Waals surface area contributed by atoms with E-state index in [1.54, 1.807) is 11.3 Å². The molecule has 0 amide bonds. The molecule has 1 aromatic heterocycles. The van der Waals surface area contributed by atoms with Crippen LogP contribution in [0.2, 0.25) is 0 Å². The van der Waals surface area contributed by atoms with E-state index in [0.717, 1.165) is 19.4 Å². The van der Waals surface area contributed by atoms with E-state index < -0.39 is 5.97 Å². The fraction of sp³-hybridized carbons (Fsp3) is 0.500. The third-order valence-corrected chi connectivity index (χ3v) is 3.43. The molecule has 0 saturated carbocycles. The van der Waals surface area contributed by atoms with E-state index >= 15 is 0 Å². The number of carbonyl (C=O) groups is 1. The van der Waals surface area contributed by atoms with Crippen LogP contribution >= 0.6 is 11.3 Å². The van der Waals surface area contributed by atoms with Gasteiger partial charge in [-0.2, -0.15) is 11.3 Å². The number of carboxylic acids is 1. The summed E-state index contributed by atoms with van der Waals surface area (Å²) in [7, 11) is 0. The second-order valence-electron chi connectivity index (χ2n) is 3.65. The molecule has 2 rings (SSSR count). The Hall–Kier alpha value is -0.870. The summed E-state index contributed by atoms with van der Waals surface area (Å²) >= 11 is 1.66. The van der Waals surface area contributed by atoms with E-state index in [-0.39, 0.29) is 12.0 Å². The molecule has 0 bridgehead atoms. The number of hydrogen-bond acceptors (Lipinski definition) is 3. The summed E-state index contributed by atoms with van der Waals surface area (Å²) in [5, 5.41) is 16.1. The Morgan fingerprint density at radius 2 is 2.57 bits per heavy atom. The summed E-state index contributed by atoms with van der Waals surface area (Å²) in [5.74, 6) is -0.468. The molecule has 2 heterocycles. The summed E-state index contributed by atoms with van der Waals surface area (Å²) in [4.78, 5) is 10.9. The van der Waals surface area contributed by atoms with Gasteiger partial charge in [-0.05, 0) is 47.7 Å². The van der Waals surface area contributed by atoms with Gasteiger partial charge in [0.2, 0.25) is 0 Å². The van der Waals surface area contributed by atoms with Gasteiger partial charge < -0.3 is 10.4 Å². The van der Waals surface area contributed by atoms with Crippen molar-refractivity contribution in [2.24, 2.45) is 5.92 Å². The van der Waals surface area contributed by atoms with Gasteiger partial charge in [-0.25, -0.2) is 0 Å². The van der Waals surface area contributed by atoms with E-state index in [4.69, 9.17) is 5.11 Å². The highest BCUT2D eigenvalue weighted by Gasteiger charge is 2.32. The Labute approximate surface area is 86.8 Å². The summed E-state index contributed by atoms with van der Waals surface area (Å²) in [6.07, 6.45) is 1.85. The molecular weight excluding hydrogens is 198 g/mol. The summed E-state index contributed by atoms with van der Waals surface area (Å²) in [5.41, 5.74) is 1.26. The van der Waals surface area contributed by atoms with E-state index in [1.165, 1.54) is 5.56 Å². The molecule has 3 nitrogen and oxygen atoms in total. The van der Waals surface area contributed by atoms with Crippen LogP contribution in [0.3, 0.4) is 0 Å². The van der Waals surface area contributed by atoms with Crippen molar-refractivity contribution < 1.29 is 9.90 Å². The highest BCUT2D eigenvalue weighted by molar-refractivity contribution is 7.07. The Balaban J connectivity index is 2.00. The van der Waals surface area contributed by atoms with Gasteiger partial charge in [-0.1, -0.05) is 0 Å². The van der Waals surface area contributed by atoms with Crippen molar-refractivity contribution in [2.75, 3.05) is 6.54 Å². The Kier molecular flexibility index (Phi) is 2.84. The normalized spacial score (nSPS) is 26.6. The zero-order valence-electron chi connectivity index (χ0n) is 7.77. The van der Waals surface area contributed by atoms with Crippen LogP contribution < -0.4 is 5.32 Å². The largest absolute Gasteiger partial charge is 0.480 e. The molecule has 14 heavy (non-hydrogen) atoms. The van der Waals surface area contributed by atoms with Crippen molar-refractivity contribution >= 4 is 17.3 Å². The topological polar surface area (TPSA) is 49.3 Å². The fourth-order valence-electron chi connectivity index (χ4n) is 1.98. The molecule has 0 aliphatic carbocycles. The van der Waals surface area contributed by atoms with Crippen LogP contribution in [-0.2, 0) is 11.2 Å². The number of hydrogen-bond donors (Lipinski definition) is 2. The standard InChI is InChI=1S/C10H13NO2S/c12-10(13)9-8(1-3-11-9)5-7-2-4-14-6-7/h2,4,6,8-9,11H,1,3,5H2,(H,12,13)/t8?,9-/m0/s1. The second kappa shape index (κ2) is 4.11. The van der Waals surface area contributed by atoms with Gasteiger partial charge in [0, 0.05) is 0 Å². The molecule has 1 aromatic rings. The second-order valence-corrected chi connectivity index (χ2v) is 4.43. The van der Waals surface area contributed by atoms with Gasteiger partial charge in [0.15, 0.2) is 0 Å².